The van der Waals surface area contributed by atoms with Crippen molar-refractivity contribution in [1.82, 2.24) is 5.32 Å². The highest BCUT2D eigenvalue weighted by molar-refractivity contribution is 6.74. The topological polar surface area (TPSA) is 58.6 Å². The van der Waals surface area contributed by atoms with E-state index in [4.69, 9.17) is 9.53 Å². The fourth-order valence-electron chi connectivity index (χ4n) is 2.09. The van der Waals surface area contributed by atoms with Gasteiger partial charge < -0.3 is 9.53 Å². The van der Waals surface area contributed by atoms with Crippen LogP contribution in [0.15, 0.2) is 12.7 Å². The van der Waals surface area contributed by atoms with E-state index in [1.807, 2.05) is 6.08 Å². The molecule has 0 aromatic carbocycles. The lowest BCUT2D eigenvalue weighted by Crippen LogP contribution is -2.47. The standard InChI is InChI=1S/C14H27NO3Si/c1-7-8-10-12(9-11(15-10)13(16)17)18-19(5,6)14(2,3)4/h7,10-12,15H,1,8-9H2,2-6H3,(H,16,17)/t10?,11?,12-/m0/s1. The maximum absolute atomic E-state index is 11.1. The van der Waals surface area contributed by atoms with Crippen molar-refractivity contribution in [1.29, 1.82) is 0 Å². The third kappa shape index (κ3) is 3.90. The fraction of sp³-hybridized carbons (Fsp3) is 0.786. The van der Waals surface area contributed by atoms with E-state index in [9.17, 15) is 4.79 Å². The summed E-state index contributed by atoms with van der Waals surface area (Å²) < 4.78 is 6.37. The highest BCUT2D eigenvalue weighted by atomic mass is 28.4. The fourth-order valence-corrected chi connectivity index (χ4v) is 3.46. The van der Waals surface area contributed by atoms with Gasteiger partial charge in [-0.15, -0.1) is 6.58 Å². The Hall–Kier alpha value is -0.653. The number of aliphatic carboxylic acids is 1. The second-order valence-electron chi connectivity index (χ2n) is 6.84. The average Bonchev–Trinajstić information content (AvgIpc) is 2.60. The summed E-state index contributed by atoms with van der Waals surface area (Å²) in [7, 11) is -1.87. The average molecular weight is 285 g/mol. The van der Waals surface area contributed by atoms with Crippen molar-refractivity contribution >= 4 is 14.3 Å². The van der Waals surface area contributed by atoms with E-state index in [-0.39, 0.29) is 17.2 Å². The number of rotatable bonds is 5. The minimum Gasteiger partial charge on any atom is -0.480 e. The van der Waals surface area contributed by atoms with Gasteiger partial charge in [0.2, 0.25) is 0 Å². The van der Waals surface area contributed by atoms with E-state index in [0.29, 0.717) is 6.42 Å². The van der Waals surface area contributed by atoms with E-state index in [1.54, 1.807) is 0 Å². The molecule has 0 aromatic rings. The summed E-state index contributed by atoms with van der Waals surface area (Å²) in [5.41, 5.74) is 0. The maximum Gasteiger partial charge on any atom is 0.320 e. The van der Waals surface area contributed by atoms with Crippen molar-refractivity contribution in [3.05, 3.63) is 12.7 Å². The molecule has 19 heavy (non-hydrogen) atoms. The minimum atomic E-state index is -1.87. The number of carboxylic acids is 1. The molecule has 110 valence electrons. The molecule has 2 unspecified atom stereocenters. The summed E-state index contributed by atoms with van der Waals surface area (Å²) >= 11 is 0. The smallest absolute Gasteiger partial charge is 0.320 e. The third-order valence-corrected chi connectivity index (χ3v) is 8.81. The molecule has 5 heteroatoms. The molecular formula is C14H27NO3Si. The Labute approximate surface area is 117 Å². The van der Waals surface area contributed by atoms with Gasteiger partial charge in [0.25, 0.3) is 0 Å². The van der Waals surface area contributed by atoms with Crippen LogP contribution in [0.3, 0.4) is 0 Å². The normalized spacial score (nSPS) is 28.4. The molecule has 4 nitrogen and oxygen atoms in total. The summed E-state index contributed by atoms with van der Waals surface area (Å²) in [4.78, 5) is 11.1. The molecule has 1 saturated heterocycles. The van der Waals surface area contributed by atoms with Gasteiger partial charge in [-0.1, -0.05) is 26.8 Å². The van der Waals surface area contributed by atoms with Crippen molar-refractivity contribution in [3.8, 4) is 0 Å². The second-order valence-corrected chi connectivity index (χ2v) is 11.6. The molecule has 0 bridgehead atoms. The Bertz CT molecular complexity index is 349. The van der Waals surface area contributed by atoms with Crippen molar-refractivity contribution < 1.29 is 14.3 Å². The van der Waals surface area contributed by atoms with Crippen LogP contribution in [0.4, 0.5) is 0 Å². The van der Waals surface area contributed by atoms with Gasteiger partial charge in [0.1, 0.15) is 6.04 Å². The first kappa shape index (κ1) is 16.4. The molecule has 0 spiro atoms. The lowest BCUT2D eigenvalue weighted by Gasteiger charge is -2.39. The lowest BCUT2D eigenvalue weighted by atomic mass is 10.1. The van der Waals surface area contributed by atoms with E-state index >= 15 is 0 Å². The molecule has 0 radical (unpaired) electrons. The Balaban J connectivity index is 2.79. The first-order chi connectivity index (χ1) is 8.58. The van der Waals surface area contributed by atoms with Crippen LogP contribution in [-0.2, 0) is 9.22 Å². The number of carbonyl (C=O) groups is 1. The van der Waals surface area contributed by atoms with Crippen LogP contribution in [0.5, 0.6) is 0 Å². The molecule has 1 fully saturated rings. The van der Waals surface area contributed by atoms with Gasteiger partial charge in [-0.2, -0.15) is 0 Å². The Kier molecular flexibility index (Phi) is 4.98. The summed E-state index contributed by atoms with van der Waals surface area (Å²) in [5.74, 6) is -0.796. The van der Waals surface area contributed by atoms with Crippen LogP contribution in [-0.4, -0.2) is 37.6 Å². The van der Waals surface area contributed by atoms with Crippen LogP contribution in [0, 0.1) is 0 Å². The van der Waals surface area contributed by atoms with Gasteiger partial charge >= 0.3 is 5.97 Å². The zero-order valence-electron chi connectivity index (χ0n) is 12.7. The monoisotopic (exact) mass is 285 g/mol. The van der Waals surface area contributed by atoms with Crippen molar-refractivity contribution in [3.63, 3.8) is 0 Å². The largest absolute Gasteiger partial charge is 0.480 e. The molecule has 1 heterocycles. The van der Waals surface area contributed by atoms with E-state index in [0.717, 1.165) is 6.42 Å². The van der Waals surface area contributed by atoms with Crippen LogP contribution in [0.2, 0.25) is 18.1 Å². The molecule has 0 amide bonds. The van der Waals surface area contributed by atoms with Crippen LogP contribution >= 0.6 is 0 Å². The number of nitrogens with one attached hydrogen (secondary N) is 1. The predicted octanol–water partition coefficient (Wildman–Crippen LogP) is 2.77. The van der Waals surface area contributed by atoms with Gasteiger partial charge in [0, 0.05) is 6.04 Å². The third-order valence-electron chi connectivity index (χ3n) is 4.30. The number of hydrogen-bond acceptors (Lipinski definition) is 3. The van der Waals surface area contributed by atoms with E-state index < -0.39 is 20.3 Å². The van der Waals surface area contributed by atoms with E-state index in [2.05, 4.69) is 45.8 Å². The first-order valence-electron chi connectivity index (χ1n) is 6.86. The van der Waals surface area contributed by atoms with Gasteiger partial charge in [-0.05, 0) is 31.0 Å². The highest BCUT2D eigenvalue weighted by Crippen LogP contribution is 2.39. The Morgan fingerprint density at radius 3 is 2.53 bits per heavy atom. The Morgan fingerprint density at radius 1 is 1.53 bits per heavy atom. The molecule has 1 aliphatic rings. The summed E-state index contributed by atoms with van der Waals surface area (Å²) in [6.45, 7) is 14.7. The molecule has 0 aromatic heterocycles. The summed E-state index contributed by atoms with van der Waals surface area (Å²) in [6, 6.07) is -0.438. The quantitative estimate of drug-likeness (QED) is 0.602. The molecule has 0 aliphatic carbocycles. The molecule has 2 N–H and O–H groups in total. The minimum absolute atomic E-state index is 0.0278. The number of hydrogen-bond donors (Lipinski definition) is 2. The first-order valence-corrected chi connectivity index (χ1v) is 9.77. The van der Waals surface area contributed by atoms with Crippen molar-refractivity contribution in [2.24, 2.45) is 0 Å². The summed E-state index contributed by atoms with van der Waals surface area (Å²) in [5, 5.41) is 12.4. The molecular weight excluding hydrogens is 258 g/mol. The second kappa shape index (κ2) is 5.77. The zero-order chi connectivity index (χ0) is 14.8. The van der Waals surface area contributed by atoms with Gasteiger partial charge in [-0.25, -0.2) is 0 Å². The van der Waals surface area contributed by atoms with E-state index in [1.165, 1.54) is 0 Å². The molecule has 1 aliphatic heterocycles. The van der Waals surface area contributed by atoms with Gasteiger partial charge in [0.05, 0.1) is 6.10 Å². The van der Waals surface area contributed by atoms with Crippen molar-refractivity contribution in [2.45, 2.75) is 69.9 Å². The van der Waals surface area contributed by atoms with Crippen LogP contribution in [0.25, 0.3) is 0 Å². The van der Waals surface area contributed by atoms with Crippen LogP contribution in [0.1, 0.15) is 33.6 Å². The number of carboxylic acid groups (broad SMARTS) is 1. The van der Waals surface area contributed by atoms with Crippen molar-refractivity contribution in [2.75, 3.05) is 0 Å². The Morgan fingerprint density at radius 2 is 2.11 bits per heavy atom. The van der Waals surface area contributed by atoms with Gasteiger partial charge in [-0.3, -0.25) is 10.1 Å². The van der Waals surface area contributed by atoms with Gasteiger partial charge in [0.15, 0.2) is 8.32 Å². The lowest BCUT2D eigenvalue weighted by molar-refractivity contribution is -0.139. The predicted molar refractivity (Wildman–Crippen MR) is 79.8 cm³/mol. The maximum atomic E-state index is 11.1. The van der Waals surface area contributed by atoms with Crippen LogP contribution < -0.4 is 5.32 Å². The summed E-state index contributed by atoms with van der Waals surface area (Å²) in [6.07, 6.45) is 3.08. The SMILES string of the molecule is C=CCC1NC(C(=O)O)C[C@@H]1O[Si](C)(C)C(C)(C)C. The molecule has 1 rings (SSSR count). The molecule has 0 saturated carbocycles. The highest BCUT2D eigenvalue weighted by Gasteiger charge is 2.44. The zero-order valence-corrected chi connectivity index (χ0v) is 13.7. The molecule has 3 atom stereocenters.